The van der Waals surface area contributed by atoms with Crippen LogP contribution in [0.2, 0.25) is 4.34 Å². The van der Waals surface area contributed by atoms with Crippen molar-refractivity contribution >= 4 is 28.7 Å². The second kappa shape index (κ2) is 4.71. The first-order valence-corrected chi connectivity index (χ1v) is 7.50. The highest BCUT2D eigenvalue weighted by Gasteiger charge is 2.39. The molecule has 0 amide bonds. The molecule has 2 fully saturated rings. The van der Waals surface area contributed by atoms with Gasteiger partial charge in [-0.2, -0.15) is 0 Å². The van der Waals surface area contributed by atoms with Gasteiger partial charge >= 0.3 is 0 Å². The molecule has 92 valence electrons. The van der Waals surface area contributed by atoms with Gasteiger partial charge in [0.1, 0.15) is 0 Å². The SMILES string of the molecule is O=C(CC1NCC2CCCC21)c1csc(Cl)c1. The van der Waals surface area contributed by atoms with Crippen LogP contribution >= 0.6 is 22.9 Å². The van der Waals surface area contributed by atoms with E-state index in [0.717, 1.165) is 23.9 Å². The minimum Gasteiger partial charge on any atom is -0.313 e. The van der Waals surface area contributed by atoms with Gasteiger partial charge in [0, 0.05) is 23.4 Å². The van der Waals surface area contributed by atoms with Crippen molar-refractivity contribution < 1.29 is 4.79 Å². The number of hydrogen-bond acceptors (Lipinski definition) is 3. The second-order valence-corrected chi connectivity index (χ2v) is 6.68. The van der Waals surface area contributed by atoms with E-state index in [2.05, 4.69) is 5.32 Å². The van der Waals surface area contributed by atoms with Crippen LogP contribution in [0.3, 0.4) is 0 Å². The summed E-state index contributed by atoms with van der Waals surface area (Å²) < 4.78 is 0.700. The monoisotopic (exact) mass is 269 g/mol. The summed E-state index contributed by atoms with van der Waals surface area (Å²) in [6.45, 7) is 1.10. The Kier molecular flexibility index (Phi) is 3.24. The molecule has 17 heavy (non-hydrogen) atoms. The summed E-state index contributed by atoms with van der Waals surface area (Å²) in [5.41, 5.74) is 0.781. The third kappa shape index (κ3) is 2.28. The quantitative estimate of drug-likeness (QED) is 0.853. The number of Topliss-reactive ketones (excluding diaryl/α,β-unsaturated/α-hetero) is 1. The first-order valence-electron chi connectivity index (χ1n) is 6.24. The van der Waals surface area contributed by atoms with E-state index in [1.54, 1.807) is 6.07 Å². The fourth-order valence-corrected chi connectivity index (χ4v) is 4.19. The van der Waals surface area contributed by atoms with Crippen LogP contribution in [0.25, 0.3) is 0 Å². The molecule has 2 heterocycles. The number of rotatable bonds is 3. The summed E-state index contributed by atoms with van der Waals surface area (Å²) in [7, 11) is 0. The molecule has 1 aromatic heterocycles. The summed E-state index contributed by atoms with van der Waals surface area (Å²) in [4.78, 5) is 12.1. The number of ketones is 1. The van der Waals surface area contributed by atoms with Gasteiger partial charge in [0.15, 0.2) is 5.78 Å². The molecule has 2 aliphatic rings. The number of hydrogen-bond donors (Lipinski definition) is 1. The van der Waals surface area contributed by atoms with Crippen molar-refractivity contribution in [2.75, 3.05) is 6.54 Å². The molecule has 1 N–H and O–H groups in total. The number of fused-ring (bicyclic) bond motifs is 1. The number of nitrogens with one attached hydrogen (secondary N) is 1. The predicted molar refractivity (Wildman–Crippen MR) is 70.9 cm³/mol. The Hall–Kier alpha value is -0.380. The minimum atomic E-state index is 0.234. The second-order valence-electron chi connectivity index (χ2n) is 5.14. The van der Waals surface area contributed by atoms with Gasteiger partial charge in [0.25, 0.3) is 0 Å². The highest BCUT2D eigenvalue weighted by Crippen LogP contribution is 2.39. The largest absolute Gasteiger partial charge is 0.313 e. The molecule has 0 bridgehead atoms. The van der Waals surface area contributed by atoms with E-state index < -0.39 is 0 Å². The smallest absolute Gasteiger partial charge is 0.165 e. The molecule has 1 saturated heterocycles. The van der Waals surface area contributed by atoms with E-state index in [9.17, 15) is 4.79 Å². The molecule has 1 saturated carbocycles. The lowest BCUT2D eigenvalue weighted by Gasteiger charge is -2.16. The Morgan fingerprint density at radius 1 is 1.53 bits per heavy atom. The van der Waals surface area contributed by atoms with Crippen LogP contribution in [-0.4, -0.2) is 18.4 Å². The molecule has 1 aliphatic carbocycles. The summed E-state index contributed by atoms with van der Waals surface area (Å²) >= 11 is 7.30. The maximum atomic E-state index is 12.1. The number of halogens is 1. The van der Waals surface area contributed by atoms with Crippen molar-refractivity contribution in [2.24, 2.45) is 11.8 Å². The van der Waals surface area contributed by atoms with Crippen molar-refractivity contribution in [1.82, 2.24) is 5.32 Å². The molecular formula is C13H16ClNOS. The van der Waals surface area contributed by atoms with E-state index in [4.69, 9.17) is 11.6 Å². The lowest BCUT2D eigenvalue weighted by atomic mass is 9.90. The maximum Gasteiger partial charge on any atom is 0.165 e. The van der Waals surface area contributed by atoms with E-state index in [1.807, 2.05) is 5.38 Å². The van der Waals surface area contributed by atoms with Crippen LogP contribution in [0.15, 0.2) is 11.4 Å². The van der Waals surface area contributed by atoms with E-state index >= 15 is 0 Å². The Labute approximate surface area is 110 Å². The summed E-state index contributed by atoms with van der Waals surface area (Å²) in [5.74, 6) is 1.78. The number of thiophene rings is 1. The van der Waals surface area contributed by atoms with Gasteiger partial charge in [-0.05, 0) is 37.3 Å². The molecule has 1 aromatic rings. The van der Waals surface area contributed by atoms with Gasteiger partial charge in [0.05, 0.1) is 4.34 Å². The third-order valence-electron chi connectivity index (χ3n) is 4.17. The van der Waals surface area contributed by atoms with Gasteiger partial charge < -0.3 is 5.32 Å². The van der Waals surface area contributed by atoms with E-state index in [0.29, 0.717) is 16.8 Å². The summed E-state index contributed by atoms with van der Waals surface area (Å²) in [5, 5.41) is 5.38. The van der Waals surface area contributed by atoms with Gasteiger partial charge in [-0.1, -0.05) is 18.0 Å². The molecule has 3 rings (SSSR count). The van der Waals surface area contributed by atoms with Crippen molar-refractivity contribution in [3.05, 3.63) is 21.3 Å². The lowest BCUT2D eigenvalue weighted by Crippen LogP contribution is -2.29. The van der Waals surface area contributed by atoms with E-state index in [1.165, 1.54) is 30.6 Å². The average Bonchev–Trinajstić information content (AvgIpc) is 2.96. The fraction of sp³-hybridized carbons (Fsp3) is 0.615. The van der Waals surface area contributed by atoms with Crippen LogP contribution in [-0.2, 0) is 0 Å². The van der Waals surface area contributed by atoms with Crippen molar-refractivity contribution in [3.8, 4) is 0 Å². The van der Waals surface area contributed by atoms with Gasteiger partial charge in [0.2, 0.25) is 0 Å². The summed E-state index contributed by atoms with van der Waals surface area (Å²) in [6.07, 6.45) is 4.60. The van der Waals surface area contributed by atoms with Crippen LogP contribution in [0.1, 0.15) is 36.0 Å². The topological polar surface area (TPSA) is 29.1 Å². The van der Waals surface area contributed by atoms with Crippen LogP contribution in [0, 0.1) is 11.8 Å². The Morgan fingerprint density at radius 2 is 2.41 bits per heavy atom. The number of carbonyl (C=O) groups is 1. The molecule has 0 radical (unpaired) electrons. The molecule has 3 atom stereocenters. The third-order valence-corrected chi connectivity index (χ3v) is 5.26. The molecule has 3 unspecified atom stereocenters. The van der Waals surface area contributed by atoms with Crippen LogP contribution in [0.4, 0.5) is 0 Å². The molecule has 0 aromatic carbocycles. The normalized spacial score (nSPS) is 31.7. The highest BCUT2D eigenvalue weighted by atomic mass is 35.5. The average molecular weight is 270 g/mol. The fourth-order valence-electron chi connectivity index (χ4n) is 3.30. The van der Waals surface area contributed by atoms with Gasteiger partial charge in [-0.15, -0.1) is 11.3 Å². The zero-order valence-electron chi connectivity index (χ0n) is 9.62. The lowest BCUT2D eigenvalue weighted by molar-refractivity contribution is 0.0964. The first-order chi connectivity index (χ1) is 8.24. The molecular weight excluding hydrogens is 254 g/mol. The predicted octanol–water partition coefficient (Wildman–Crippen LogP) is 3.36. The number of carbonyl (C=O) groups excluding carboxylic acids is 1. The molecule has 1 aliphatic heterocycles. The Balaban J connectivity index is 1.65. The zero-order chi connectivity index (χ0) is 11.8. The summed E-state index contributed by atoms with van der Waals surface area (Å²) in [6, 6.07) is 2.18. The van der Waals surface area contributed by atoms with E-state index in [-0.39, 0.29) is 5.78 Å². The maximum absolute atomic E-state index is 12.1. The van der Waals surface area contributed by atoms with Crippen molar-refractivity contribution in [1.29, 1.82) is 0 Å². The first kappa shape index (κ1) is 11.7. The zero-order valence-corrected chi connectivity index (χ0v) is 11.2. The van der Waals surface area contributed by atoms with Crippen molar-refractivity contribution in [3.63, 3.8) is 0 Å². The van der Waals surface area contributed by atoms with Crippen LogP contribution in [0.5, 0.6) is 0 Å². The molecule has 2 nitrogen and oxygen atoms in total. The standard InChI is InChI=1S/C13H16ClNOS/c14-13-4-9(7-17-13)12(16)5-11-10-3-1-2-8(10)6-15-11/h4,7-8,10-11,15H,1-3,5-6H2. The van der Waals surface area contributed by atoms with Crippen LogP contribution < -0.4 is 5.32 Å². The molecule has 0 spiro atoms. The van der Waals surface area contributed by atoms with Crippen molar-refractivity contribution in [2.45, 2.75) is 31.7 Å². The Morgan fingerprint density at radius 3 is 3.18 bits per heavy atom. The molecule has 4 heteroatoms. The highest BCUT2D eigenvalue weighted by molar-refractivity contribution is 7.14. The minimum absolute atomic E-state index is 0.234. The Bertz CT molecular complexity index is 431. The van der Waals surface area contributed by atoms with Gasteiger partial charge in [-0.25, -0.2) is 0 Å². The van der Waals surface area contributed by atoms with Gasteiger partial charge in [-0.3, -0.25) is 4.79 Å².